The molecule has 0 radical (unpaired) electrons. The third-order valence-corrected chi connectivity index (χ3v) is 12.1. The molecule has 0 N–H and O–H groups in total. The highest BCUT2D eigenvalue weighted by Gasteiger charge is 2.19. The third kappa shape index (κ3) is 56.5. The lowest BCUT2D eigenvalue weighted by Gasteiger charge is -2.18. The van der Waals surface area contributed by atoms with E-state index in [1.54, 1.807) is 0 Å². The molecule has 72 heavy (non-hydrogen) atoms. The molecule has 0 saturated carbocycles. The molecule has 6 nitrogen and oxygen atoms in total. The van der Waals surface area contributed by atoms with Crippen LogP contribution in [0.25, 0.3) is 0 Å². The van der Waals surface area contributed by atoms with Gasteiger partial charge in [-0.05, 0) is 89.9 Å². The van der Waals surface area contributed by atoms with Gasteiger partial charge in [0.15, 0.2) is 6.10 Å². The molecule has 0 aliphatic rings. The molecule has 0 aliphatic heterocycles. The second-order valence-electron chi connectivity index (χ2n) is 19.1. The predicted molar refractivity (Wildman–Crippen MR) is 311 cm³/mol. The molecule has 0 fully saturated rings. The second kappa shape index (κ2) is 59.1. The van der Waals surface area contributed by atoms with E-state index in [4.69, 9.17) is 14.2 Å². The molecule has 0 saturated heterocycles. The summed E-state index contributed by atoms with van der Waals surface area (Å²) in [5.41, 5.74) is 0. The Morgan fingerprint density at radius 1 is 0.292 bits per heavy atom. The fourth-order valence-electron chi connectivity index (χ4n) is 7.70. The fourth-order valence-corrected chi connectivity index (χ4v) is 7.70. The highest BCUT2D eigenvalue weighted by molar-refractivity contribution is 5.71. The van der Waals surface area contributed by atoms with Crippen molar-refractivity contribution >= 4 is 17.9 Å². The molecule has 0 aromatic carbocycles. The van der Waals surface area contributed by atoms with E-state index in [0.29, 0.717) is 19.3 Å². The molecule has 6 heteroatoms. The average Bonchev–Trinajstić information content (AvgIpc) is 3.38. The topological polar surface area (TPSA) is 78.9 Å². The van der Waals surface area contributed by atoms with Crippen LogP contribution in [0.15, 0.2) is 134 Å². The first-order valence-electron chi connectivity index (χ1n) is 29.3. The van der Waals surface area contributed by atoms with Gasteiger partial charge in [0.2, 0.25) is 0 Å². The number of rotatable bonds is 51. The maximum Gasteiger partial charge on any atom is 0.306 e. The summed E-state index contributed by atoms with van der Waals surface area (Å²) < 4.78 is 16.8. The number of carbonyl (C=O) groups is 3. The van der Waals surface area contributed by atoms with Crippen LogP contribution in [0.5, 0.6) is 0 Å². The summed E-state index contributed by atoms with van der Waals surface area (Å²) in [5.74, 6) is -0.987. The van der Waals surface area contributed by atoms with E-state index >= 15 is 0 Å². The van der Waals surface area contributed by atoms with Crippen LogP contribution in [-0.2, 0) is 28.6 Å². The Labute approximate surface area is 443 Å². The van der Waals surface area contributed by atoms with Crippen LogP contribution in [0.2, 0.25) is 0 Å². The van der Waals surface area contributed by atoms with E-state index in [1.165, 1.54) is 122 Å². The van der Waals surface area contributed by atoms with Crippen LogP contribution >= 0.6 is 0 Å². The molecule has 0 aromatic rings. The summed E-state index contributed by atoms with van der Waals surface area (Å²) in [6, 6.07) is 0. The molecule has 1 atom stereocenters. The number of ether oxygens (including phenoxy) is 3. The van der Waals surface area contributed by atoms with Crippen LogP contribution in [0.3, 0.4) is 0 Å². The number of carbonyl (C=O) groups excluding carboxylic acids is 3. The number of unbranched alkanes of at least 4 members (excludes halogenated alkanes) is 26. The van der Waals surface area contributed by atoms with E-state index in [2.05, 4.69) is 81.5 Å². The molecule has 1 unspecified atom stereocenters. The number of allylic oxidation sites excluding steroid dienone is 22. The molecule has 406 valence electrons. The van der Waals surface area contributed by atoms with Gasteiger partial charge >= 0.3 is 17.9 Å². The lowest BCUT2D eigenvalue weighted by molar-refractivity contribution is -0.167. The van der Waals surface area contributed by atoms with Crippen molar-refractivity contribution in [2.45, 2.75) is 252 Å². The van der Waals surface area contributed by atoms with Crippen molar-refractivity contribution in [3.05, 3.63) is 134 Å². The SMILES string of the molecule is CC\C=C/C=C\C=C/C=C\C=C\C=C/C=C\CCCCCC(=O)OCC(COC(=O)CCCCC/C=C\C=C/CCCCCCCCC)OC(=O)CCCCCCCCCCCC/C=C\C=C/CCCCC. The summed E-state index contributed by atoms with van der Waals surface area (Å²) in [5, 5.41) is 0. The largest absolute Gasteiger partial charge is 0.462 e. The molecule has 0 heterocycles. The van der Waals surface area contributed by atoms with Crippen molar-refractivity contribution < 1.29 is 28.6 Å². The molecule has 0 aliphatic carbocycles. The number of hydrogen-bond acceptors (Lipinski definition) is 6. The fraction of sp³-hybridized carbons (Fsp3) is 0.621. The van der Waals surface area contributed by atoms with Crippen LogP contribution in [0, 0.1) is 0 Å². The van der Waals surface area contributed by atoms with Gasteiger partial charge in [0, 0.05) is 19.3 Å². The van der Waals surface area contributed by atoms with Gasteiger partial charge in [-0.3, -0.25) is 14.4 Å². The zero-order valence-electron chi connectivity index (χ0n) is 46.4. The zero-order chi connectivity index (χ0) is 52.2. The summed E-state index contributed by atoms with van der Waals surface area (Å²) in [7, 11) is 0. The van der Waals surface area contributed by atoms with Crippen molar-refractivity contribution in [2.75, 3.05) is 13.2 Å². The molecule has 0 amide bonds. The van der Waals surface area contributed by atoms with Crippen LogP contribution in [-0.4, -0.2) is 37.2 Å². The highest BCUT2D eigenvalue weighted by Crippen LogP contribution is 2.14. The lowest BCUT2D eigenvalue weighted by atomic mass is 10.1. The maximum absolute atomic E-state index is 12.9. The minimum absolute atomic E-state index is 0.112. The summed E-state index contributed by atoms with van der Waals surface area (Å²) in [4.78, 5) is 38.2. The van der Waals surface area contributed by atoms with Gasteiger partial charge in [0.25, 0.3) is 0 Å². The first-order valence-corrected chi connectivity index (χ1v) is 29.3. The highest BCUT2D eigenvalue weighted by atomic mass is 16.6. The van der Waals surface area contributed by atoms with Crippen molar-refractivity contribution in [2.24, 2.45) is 0 Å². The van der Waals surface area contributed by atoms with E-state index in [0.717, 1.165) is 83.5 Å². The van der Waals surface area contributed by atoms with Gasteiger partial charge in [-0.1, -0.05) is 270 Å². The Balaban J connectivity index is 4.55. The zero-order valence-corrected chi connectivity index (χ0v) is 46.4. The molecular weight excluding hydrogens is 889 g/mol. The maximum atomic E-state index is 12.9. The molecule has 0 rings (SSSR count). The summed E-state index contributed by atoms with van der Waals surface area (Å²) >= 11 is 0. The van der Waals surface area contributed by atoms with Gasteiger partial charge in [0.1, 0.15) is 13.2 Å². The summed E-state index contributed by atoms with van der Waals surface area (Å²) in [6.45, 7) is 6.39. The van der Waals surface area contributed by atoms with Gasteiger partial charge in [0.05, 0.1) is 0 Å². The van der Waals surface area contributed by atoms with Crippen LogP contribution < -0.4 is 0 Å². The van der Waals surface area contributed by atoms with Gasteiger partial charge in [-0.15, -0.1) is 0 Å². The third-order valence-electron chi connectivity index (χ3n) is 12.1. The number of esters is 3. The Hall–Kier alpha value is -4.45. The Bertz CT molecular complexity index is 1560. The smallest absolute Gasteiger partial charge is 0.306 e. The minimum Gasteiger partial charge on any atom is -0.462 e. The normalized spacial score (nSPS) is 13.1. The second-order valence-corrected chi connectivity index (χ2v) is 19.1. The molecule has 0 spiro atoms. The predicted octanol–water partition coefficient (Wildman–Crippen LogP) is 19.8. The van der Waals surface area contributed by atoms with E-state index in [1.807, 2.05) is 72.9 Å². The molecule has 0 aromatic heterocycles. The van der Waals surface area contributed by atoms with Gasteiger partial charge < -0.3 is 14.2 Å². The van der Waals surface area contributed by atoms with Gasteiger partial charge in [-0.2, -0.15) is 0 Å². The quantitative estimate of drug-likeness (QED) is 0.0261. The Morgan fingerprint density at radius 3 is 0.903 bits per heavy atom. The van der Waals surface area contributed by atoms with Crippen LogP contribution in [0.1, 0.15) is 245 Å². The van der Waals surface area contributed by atoms with Crippen LogP contribution in [0.4, 0.5) is 0 Å². The van der Waals surface area contributed by atoms with Crippen molar-refractivity contribution in [1.29, 1.82) is 0 Å². The average molecular weight is 996 g/mol. The summed E-state index contributed by atoms with van der Waals surface area (Å²) in [6.07, 6.45) is 82.9. The van der Waals surface area contributed by atoms with Crippen molar-refractivity contribution in [3.8, 4) is 0 Å². The molecule has 0 bridgehead atoms. The van der Waals surface area contributed by atoms with E-state index in [9.17, 15) is 14.4 Å². The first kappa shape index (κ1) is 67.5. The van der Waals surface area contributed by atoms with E-state index in [-0.39, 0.29) is 31.1 Å². The Morgan fingerprint density at radius 2 is 0.542 bits per heavy atom. The Kier molecular flexibility index (Phi) is 55.5. The van der Waals surface area contributed by atoms with Gasteiger partial charge in [-0.25, -0.2) is 0 Å². The minimum atomic E-state index is -0.816. The first-order chi connectivity index (χ1) is 35.5. The lowest BCUT2D eigenvalue weighted by Crippen LogP contribution is -2.30. The standard InChI is InChI=1S/C66H106O6/c1-4-7-10-13-16-19-22-25-28-31-33-35-38-41-44-47-50-53-56-59-65(68)71-62-63(61-70-64(67)58-55-52-49-46-43-40-37-30-27-24-21-18-15-12-9-6-3)72-66(69)60-57-54-51-48-45-42-39-36-34-32-29-26-23-20-17-14-11-8-5-2/h7,10,13,16-17,19-20,22-23,25-26,28,30-31,33,35,37-38,40-41,43-44,63H,4-6,8-9,11-12,14-15,18,21,24,27,29,32,34,36,39,42,45-62H2,1-3H3/b10-7-,16-13-,20-17-,22-19-,26-23-,28-25-,33-31+,37-30-,38-35-,43-40-,44-41-. The van der Waals surface area contributed by atoms with E-state index < -0.39 is 6.10 Å². The van der Waals surface area contributed by atoms with Crippen molar-refractivity contribution in [1.82, 2.24) is 0 Å². The van der Waals surface area contributed by atoms with Crippen molar-refractivity contribution in [3.63, 3.8) is 0 Å². The monoisotopic (exact) mass is 995 g/mol. The molecular formula is C66H106O6. The number of hydrogen-bond donors (Lipinski definition) is 0.